The smallest absolute Gasteiger partial charge is 0.408 e. The highest BCUT2D eigenvalue weighted by Gasteiger charge is 2.35. The first kappa shape index (κ1) is 38.9. The van der Waals surface area contributed by atoms with Gasteiger partial charge in [0.05, 0.1) is 24.5 Å². The second-order valence-electron chi connectivity index (χ2n) is 15.8. The van der Waals surface area contributed by atoms with Crippen LogP contribution in [0.2, 0.25) is 0 Å². The number of morpholine rings is 1. The van der Waals surface area contributed by atoms with Crippen LogP contribution in [0.4, 0.5) is 16.2 Å². The highest BCUT2D eigenvalue weighted by Crippen LogP contribution is 2.36. The van der Waals surface area contributed by atoms with Crippen LogP contribution >= 0.6 is 0 Å². The monoisotopic (exact) mass is 780 g/mol. The van der Waals surface area contributed by atoms with Gasteiger partial charge >= 0.3 is 6.09 Å². The number of fused-ring (bicyclic) bond motifs is 2. The van der Waals surface area contributed by atoms with Crippen LogP contribution in [-0.2, 0) is 37.7 Å². The number of nitrogens with zero attached hydrogens (tertiary/aromatic N) is 6. The van der Waals surface area contributed by atoms with Gasteiger partial charge in [0, 0.05) is 102 Å². The number of ether oxygens (including phenoxy) is 2. The van der Waals surface area contributed by atoms with Gasteiger partial charge in [0.1, 0.15) is 0 Å². The molecule has 4 heterocycles. The summed E-state index contributed by atoms with van der Waals surface area (Å²) in [5.74, 6) is 0.298. The molecule has 11 nitrogen and oxygen atoms in total. The molecule has 1 atom stereocenters. The van der Waals surface area contributed by atoms with Crippen molar-refractivity contribution < 1.29 is 23.9 Å². The van der Waals surface area contributed by atoms with Crippen LogP contribution in [0.1, 0.15) is 48.7 Å². The first-order valence-electron chi connectivity index (χ1n) is 20.1. The number of aromatic nitrogens is 1. The van der Waals surface area contributed by atoms with Crippen LogP contribution in [0.3, 0.4) is 0 Å². The fourth-order valence-corrected chi connectivity index (χ4v) is 8.57. The maximum atomic E-state index is 15.4. The predicted octanol–water partition coefficient (Wildman–Crippen LogP) is 6.80. The summed E-state index contributed by atoms with van der Waals surface area (Å²) in [4.78, 5) is 52.9. The molecule has 8 rings (SSSR count). The summed E-state index contributed by atoms with van der Waals surface area (Å²) in [6, 6.07) is 31.5. The first-order chi connectivity index (χ1) is 28.1. The molecule has 0 spiro atoms. The number of rotatable bonds is 8. The number of carbonyl (C=O) groups excluding carboxylic acids is 3. The molecule has 0 N–H and O–H groups in total. The molecule has 0 aliphatic carbocycles. The molecule has 3 aliphatic heterocycles. The average Bonchev–Trinajstić information content (AvgIpc) is 3.55. The van der Waals surface area contributed by atoms with Gasteiger partial charge in [-0.15, -0.1) is 0 Å². The maximum absolute atomic E-state index is 15.4. The van der Waals surface area contributed by atoms with Gasteiger partial charge in [-0.25, -0.2) is 4.79 Å². The fourth-order valence-electron chi connectivity index (χ4n) is 8.57. The van der Waals surface area contributed by atoms with E-state index in [9.17, 15) is 9.59 Å². The molecule has 1 fully saturated rings. The van der Waals surface area contributed by atoms with Crippen molar-refractivity contribution in [3.05, 3.63) is 136 Å². The molecule has 5 aromatic rings. The van der Waals surface area contributed by atoms with Crippen LogP contribution in [-0.4, -0.2) is 104 Å². The van der Waals surface area contributed by atoms with Crippen molar-refractivity contribution >= 4 is 29.3 Å². The first-order valence-corrected chi connectivity index (χ1v) is 20.1. The Morgan fingerprint density at radius 3 is 2.24 bits per heavy atom. The largest absolute Gasteiger partial charge is 0.415 e. The maximum Gasteiger partial charge on any atom is 0.415 e. The molecule has 4 aromatic carbocycles. The van der Waals surface area contributed by atoms with Crippen LogP contribution < -0.4 is 14.5 Å². The van der Waals surface area contributed by atoms with Gasteiger partial charge in [-0.05, 0) is 84.5 Å². The van der Waals surface area contributed by atoms with Crippen molar-refractivity contribution in [2.45, 2.75) is 38.9 Å². The summed E-state index contributed by atoms with van der Waals surface area (Å²) in [6.45, 7) is 6.96. The topological polar surface area (TPSA) is 90.8 Å². The molecule has 3 aliphatic rings. The van der Waals surface area contributed by atoms with Gasteiger partial charge < -0.3 is 33.6 Å². The van der Waals surface area contributed by atoms with Crippen molar-refractivity contribution in [3.8, 4) is 17.0 Å². The third-order valence-corrected chi connectivity index (χ3v) is 12.1. The van der Waals surface area contributed by atoms with E-state index in [2.05, 4.69) is 29.2 Å². The molecule has 1 saturated heterocycles. The number of benzene rings is 4. The molecule has 1 aromatic heterocycles. The standard InChI is InChI=1S/C47H52N6O5/c1-32-39(45(54)50(5)37-15-7-6-8-16-37)28-43(49(32)4)40-26-34-19-20-52(47(56)58-44-18-12-11-17-42(44)48(2)3)29-36(34)27-41(40)46(55)53-30-35-14-10-9-13-33(35)25-38(53)31-51-21-23-57-24-22-51/h6-18,26-28,38H,19-25,29-31H2,1-5H3/t38-/m0/s1. The fraction of sp³-hybridized carbons (Fsp3) is 0.340. The zero-order valence-electron chi connectivity index (χ0n) is 34.1. The van der Waals surface area contributed by atoms with E-state index in [-0.39, 0.29) is 17.9 Å². The molecule has 58 heavy (non-hydrogen) atoms. The molecule has 3 amide bonds. The van der Waals surface area contributed by atoms with E-state index in [0.717, 1.165) is 71.1 Å². The van der Waals surface area contributed by atoms with E-state index in [0.29, 0.717) is 56.1 Å². The summed E-state index contributed by atoms with van der Waals surface area (Å²) >= 11 is 0. The third kappa shape index (κ3) is 7.71. The number of carbonyl (C=O) groups is 3. The minimum absolute atomic E-state index is 0.0561. The van der Waals surface area contributed by atoms with Crippen LogP contribution in [0, 0.1) is 6.92 Å². The van der Waals surface area contributed by atoms with Crippen molar-refractivity contribution in [1.82, 2.24) is 19.3 Å². The average molecular weight is 781 g/mol. The van der Waals surface area contributed by atoms with E-state index in [1.165, 1.54) is 5.56 Å². The summed E-state index contributed by atoms with van der Waals surface area (Å²) in [5.41, 5.74) is 9.49. The molecule has 0 unspecified atom stereocenters. The lowest BCUT2D eigenvalue weighted by molar-refractivity contribution is 0.0193. The molecule has 0 saturated carbocycles. The Kier molecular flexibility index (Phi) is 11.1. The van der Waals surface area contributed by atoms with Crippen molar-refractivity contribution in [2.75, 3.05) is 70.3 Å². The van der Waals surface area contributed by atoms with E-state index < -0.39 is 6.09 Å². The Labute approximate surface area is 341 Å². The number of hydrogen-bond donors (Lipinski definition) is 0. The predicted molar refractivity (Wildman–Crippen MR) is 227 cm³/mol. The second-order valence-corrected chi connectivity index (χ2v) is 15.8. The highest BCUT2D eigenvalue weighted by molar-refractivity contribution is 6.08. The Bertz CT molecular complexity index is 2330. The molecule has 300 valence electrons. The van der Waals surface area contributed by atoms with Crippen LogP contribution in [0.25, 0.3) is 11.3 Å². The third-order valence-electron chi connectivity index (χ3n) is 12.1. The highest BCUT2D eigenvalue weighted by atomic mass is 16.6. The molecule has 0 radical (unpaired) electrons. The Balaban J connectivity index is 1.19. The van der Waals surface area contributed by atoms with Crippen molar-refractivity contribution in [1.29, 1.82) is 0 Å². The minimum Gasteiger partial charge on any atom is -0.408 e. The Hall–Kier alpha value is -5.91. The number of amides is 3. The molecule has 11 heteroatoms. The van der Waals surface area contributed by atoms with Gasteiger partial charge in [-0.2, -0.15) is 0 Å². The molecular formula is C47H52N6O5. The van der Waals surface area contributed by atoms with E-state index >= 15 is 4.79 Å². The minimum atomic E-state index is -0.432. The van der Waals surface area contributed by atoms with E-state index in [1.807, 2.05) is 109 Å². The zero-order valence-corrected chi connectivity index (χ0v) is 34.1. The van der Waals surface area contributed by atoms with Gasteiger partial charge in [0.2, 0.25) is 0 Å². The van der Waals surface area contributed by atoms with Gasteiger partial charge in [-0.3, -0.25) is 14.5 Å². The van der Waals surface area contributed by atoms with Crippen LogP contribution in [0.5, 0.6) is 5.75 Å². The molecular weight excluding hydrogens is 729 g/mol. The number of hydrogen-bond acceptors (Lipinski definition) is 7. The quantitative estimate of drug-likeness (QED) is 0.171. The Morgan fingerprint density at radius 2 is 1.48 bits per heavy atom. The molecule has 0 bridgehead atoms. The second kappa shape index (κ2) is 16.5. The number of para-hydroxylation sites is 3. The summed E-state index contributed by atoms with van der Waals surface area (Å²) in [5, 5.41) is 0. The van der Waals surface area contributed by atoms with E-state index in [1.54, 1.807) is 22.9 Å². The summed E-state index contributed by atoms with van der Waals surface area (Å²) in [6.07, 6.45) is 0.907. The van der Waals surface area contributed by atoms with Crippen LogP contribution in [0.15, 0.2) is 97.1 Å². The lowest BCUT2D eigenvalue weighted by atomic mass is 9.89. The van der Waals surface area contributed by atoms with Crippen molar-refractivity contribution in [2.24, 2.45) is 7.05 Å². The zero-order chi connectivity index (χ0) is 40.5. The van der Waals surface area contributed by atoms with Gasteiger partial charge in [0.25, 0.3) is 11.8 Å². The van der Waals surface area contributed by atoms with Gasteiger partial charge in [-0.1, -0.05) is 54.6 Å². The van der Waals surface area contributed by atoms with Gasteiger partial charge in [0.15, 0.2) is 5.75 Å². The SMILES string of the molecule is Cc1c(C(=O)N(C)c2ccccc2)cc(-c2cc3c(cc2C(=O)N2Cc4ccccc4C[C@H]2CN2CCOCC2)CN(C(=O)Oc2ccccc2N(C)C)CC3)n1C. The lowest BCUT2D eigenvalue weighted by Gasteiger charge is -2.41. The summed E-state index contributed by atoms with van der Waals surface area (Å²) in [7, 11) is 7.58. The summed E-state index contributed by atoms with van der Waals surface area (Å²) < 4.78 is 13.7. The normalized spacial score (nSPS) is 16.7. The number of anilines is 2. The Morgan fingerprint density at radius 1 is 0.776 bits per heavy atom. The van der Waals surface area contributed by atoms with Crippen molar-refractivity contribution in [3.63, 3.8) is 0 Å². The van der Waals surface area contributed by atoms with E-state index in [4.69, 9.17) is 9.47 Å². The lowest BCUT2D eigenvalue weighted by Crippen LogP contribution is -2.52.